The Morgan fingerprint density at radius 3 is 3.00 bits per heavy atom. The first kappa shape index (κ1) is 13.9. The van der Waals surface area contributed by atoms with Gasteiger partial charge in [-0.3, -0.25) is 9.78 Å². The minimum atomic E-state index is -0.988. The smallest absolute Gasteiger partial charge is 0.335 e. The lowest BCUT2D eigenvalue weighted by atomic mass is 10.2. The highest BCUT2D eigenvalue weighted by atomic mass is 32.2. The van der Waals surface area contributed by atoms with Crippen molar-refractivity contribution in [2.24, 2.45) is 0 Å². The molecule has 102 valence electrons. The van der Waals surface area contributed by atoms with E-state index in [1.165, 1.54) is 24.8 Å². The fourth-order valence-corrected chi connectivity index (χ4v) is 3.17. The second-order valence-corrected chi connectivity index (χ2v) is 5.72. The van der Waals surface area contributed by atoms with Gasteiger partial charge in [-0.2, -0.15) is 0 Å². The van der Waals surface area contributed by atoms with E-state index in [9.17, 15) is 9.59 Å². The zero-order valence-corrected chi connectivity index (χ0v) is 11.3. The lowest BCUT2D eigenvalue weighted by Gasteiger charge is -2.20. The van der Waals surface area contributed by atoms with Gasteiger partial charge in [-0.05, 0) is 30.7 Å². The third-order valence-electron chi connectivity index (χ3n) is 2.98. The van der Waals surface area contributed by atoms with Crippen molar-refractivity contribution >= 4 is 23.6 Å². The van der Waals surface area contributed by atoms with Crippen molar-refractivity contribution in [3.8, 4) is 0 Å². The van der Waals surface area contributed by atoms with Crippen molar-refractivity contribution in [1.82, 2.24) is 10.3 Å². The van der Waals surface area contributed by atoms with Gasteiger partial charge in [0.2, 0.25) is 5.91 Å². The highest BCUT2D eigenvalue weighted by molar-refractivity contribution is 8.00. The van der Waals surface area contributed by atoms with E-state index in [1.54, 1.807) is 11.8 Å². The summed E-state index contributed by atoms with van der Waals surface area (Å²) < 4.78 is 0. The number of aromatic carboxylic acids is 1. The lowest BCUT2D eigenvalue weighted by molar-refractivity contribution is -0.120. The van der Waals surface area contributed by atoms with Gasteiger partial charge in [0.05, 0.1) is 23.1 Å². The molecular formula is C13H16N2O3S. The van der Waals surface area contributed by atoms with Gasteiger partial charge in [0.1, 0.15) is 0 Å². The molecule has 5 nitrogen and oxygen atoms in total. The number of hydrogen-bond acceptors (Lipinski definition) is 4. The van der Waals surface area contributed by atoms with E-state index in [2.05, 4.69) is 10.3 Å². The van der Waals surface area contributed by atoms with Gasteiger partial charge >= 0.3 is 5.97 Å². The summed E-state index contributed by atoms with van der Waals surface area (Å²) in [6, 6.07) is 2.92. The number of carbonyl (C=O) groups excluding carboxylic acids is 1. The van der Waals surface area contributed by atoms with Gasteiger partial charge in [-0.15, -0.1) is 11.8 Å². The zero-order valence-electron chi connectivity index (χ0n) is 10.5. The number of rotatable bonds is 4. The normalized spacial score (nSPS) is 18.8. The topological polar surface area (TPSA) is 79.3 Å². The van der Waals surface area contributed by atoms with Gasteiger partial charge in [-0.25, -0.2) is 4.79 Å². The molecule has 19 heavy (non-hydrogen) atoms. The number of carboxylic acids is 1. The molecule has 0 spiro atoms. The minimum absolute atomic E-state index is 0.0206. The van der Waals surface area contributed by atoms with Crippen LogP contribution in [-0.2, 0) is 11.3 Å². The summed E-state index contributed by atoms with van der Waals surface area (Å²) in [6.45, 7) is 0.275. The molecule has 6 heteroatoms. The van der Waals surface area contributed by atoms with Crippen LogP contribution in [0.4, 0.5) is 0 Å². The number of carbonyl (C=O) groups is 2. The van der Waals surface area contributed by atoms with Gasteiger partial charge < -0.3 is 10.4 Å². The predicted octanol–water partition coefficient (Wildman–Crippen LogP) is 1.68. The Kier molecular flexibility index (Phi) is 4.79. The zero-order chi connectivity index (χ0) is 13.7. The van der Waals surface area contributed by atoms with Crippen LogP contribution >= 0.6 is 11.8 Å². The number of nitrogens with one attached hydrogen (secondary N) is 1. The molecule has 1 aliphatic heterocycles. The van der Waals surface area contributed by atoms with E-state index in [4.69, 9.17) is 5.11 Å². The first-order chi connectivity index (χ1) is 9.16. The molecule has 0 saturated carbocycles. The van der Waals surface area contributed by atoms with E-state index < -0.39 is 5.97 Å². The maximum atomic E-state index is 11.9. The highest BCUT2D eigenvalue weighted by Crippen LogP contribution is 2.24. The minimum Gasteiger partial charge on any atom is -0.478 e. The predicted molar refractivity (Wildman–Crippen MR) is 73.1 cm³/mol. The second-order valence-electron chi connectivity index (χ2n) is 4.41. The molecule has 1 unspecified atom stereocenters. The van der Waals surface area contributed by atoms with Crippen molar-refractivity contribution in [3.63, 3.8) is 0 Å². The molecule has 1 saturated heterocycles. The highest BCUT2D eigenvalue weighted by Gasteiger charge is 2.21. The van der Waals surface area contributed by atoms with Crippen LogP contribution in [0.5, 0.6) is 0 Å². The number of hydrogen-bond donors (Lipinski definition) is 2. The van der Waals surface area contributed by atoms with Gasteiger partial charge in [0.15, 0.2) is 0 Å². The molecule has 2 heterocycles. The molecule has 0 aromatic carbocycles. The Balaban J connectivity index is 1.89. The van der Waals surface area contributed by atoms with Crippen LogP contribution in [0.3, 0.4) is 0 Å². The summed E-state index contributed by atoms with van der Waals surface area (Å²) in [5, 5.41) is 11.7. The van der Waals surface area contributed by atoms with E-state index in [0.29, 0.717) is 5.69 Å². The average Bonchev–Trinajstić information content (AvgIpc) is 2.46. The maximum Gasteiger partial charge on any atom is 0.335 e. The molecule has 2 rings (SSSR count). The summed E-state index contributed by atoms with van der Waals surface area (Å²) in [6.07, 6.45) is 4.63. The SMILES string of the molecule is O=C(O)c1ccnc(CNC(=O)C2CCCCS2)c1. The lowest BCUT2D eigenvalue weighted by Crippen LogP contribution is -2.34. The van der Waals surface area contributed by atoms with E-state index in [0.717, 1.165) is 18.6 Å². The monoisotopic (exact) mass is 280 g/mol. The quantitative estimate of drug-likeness (QED) is 0.877. The molecular weight excluding hydrogens is 264 g/mol. The van der Waals surface area contributed by atoms with Crippen LogP contribution in [0.1, 0.15) is 35.3 Å². The molecule has 1 aromatic rings. The molecule has 1 aliphatic rings. The van der Waals surface area contributed by atoms with E-state index >= 15 is 0 Å². The van der Waals surface area contributed by atoms with Gasteiger partial charge in [-0.1, -0.05) is 6.42 Å². The third kappa shape index (κ3) is 3.96. The molecule has 0 bridgehead atoms. The molecule has 1 fully saturated rings. The number of nitrogens with zero attached hydrogens (tertiary/aromatic N) is 1. The molecule has 1 atom stereocenters. The number of aromatic nitrogens is 1. The fraction of sp³-hybridized carbons (Fsp3) is 0.462. The first-order valence-corrected chi connectivity index (χ1v) is 7.29. The van der Waals surface area contributed by atoms with Crippen molar-refractivity contribution < 1.29 is 14.7 Å². The molecule has 1 amide bonds. The Bertz CT molecular complexity index is 473. The van der Waals surface area contributed by atoms with Crippen LogP contribution < -0.4 is 5.32 Å². The summed E-state index contributed by atoms with van der Waals surface area (Å²) in [5.41, 5.74) is 0.750. The average molecular weight is 280 g/mol. The first-order valence-electron chi connectivity index (χ1n) is 6.24. The number of thioether (sulfide) groups is 1. The number of carboxylic acid groups (broad SMARTS) is 1. The van der Waals surface area contributed by atoms with Gasteiger partial charge in [0, 0.05) is 6.20 Å². The van der Waals surface area contributed by atoms with E-state index in [-0.39, 0.29) is 23.3 Å². The van der Waals surface area contributed by atoms with Crippen molar-refractivity contribution in [2.75, 3.05) is 5.75 Å². The van der Waals surface area contributed by atoms with Crippen LogP contribution in [0, 0.1) is 0 Å². The van der Waals surface area contributed by atoms with E-state index in [1.807, 2.05) is 0 Å². The third-order valence-corrected chi connectivity index (χ3v) is 4.36. The summed E-state index contributed by atoms with van der Waals surface area (Å²) in [7, 11) is 0. The summed E-state index contributed by atoms with van der Waals surface area (Å²) in [5.74, 6) is 0.0650. The van der Waals surface area contributed by atoms with Gasteiger partial charge in [0.25, 0.3) is 0 Å². The molecule has 0 radical (unpaired) electrons. The second kappa shape index (κ2) is 6.56. The fourth-order valence-electron chi connectivity index (χ4n) is 1.95. The largest absolute Gasteiger partial charge is 0.478 e. The molecule has 1 aromatic heterocycles. The molecule has 2 N–H and O–H groups in total. The van der Waals surface area contributed by atoms with Crippen LogP contribution in [0.25, 0.3) is 0 Å². The molecule has 0 aliphatic carbocycles. The summed E-state index contributed by atoms with van der Waals surface area (Å²) in [4.78, 5) is 26.8. The Morgan fingerprint density at radius 2 is 2.32 bits per heavy atom. The number of amides is 1. The maximum absolute atomic E-state index is 11.9. The Morgan fingerprint density at radius 1 is 1.47 bits per heavy atom. The van der Waals surface area contributed by atoms with Crippen molar-refractivity contribution in [2.45, 2.75) is 31.1 Å². The Hall–Kier alpha value is -1.56. The summed E-state index contributed by atoms with van der Waals surface area (Å²) >= 11 is 1.69. The van der Waals surface area contributed by atoms with Crippen molar-refractivity contribution in [3.05, 3.63) is 29.6 Å². The standard InChI is InChI=1S/C13H16N2O3S/c16-12(11-3-1-2-6-19-11)15-8-10-7-9(13(17)18)4-5-14-10/h4-5,7,11H,1-3,6,8H2,(H,15,16)(H,17,18). The van der Waals surface area contributed by atoms with Crippen LogP contribution in [-0.4, -0.2) is 33.0 Å². The van der Waals surface area contributed by atoms with Crippen molar-refractivity contribution in [1.29, 1.82) is 0 Å². The Labute approximate surface area is 115 Å². The van der Waals surface area contributed by atoms with Crippen LogP contribution in [0.2, 0.25) is 0 Å². The number of pyridine rings is 1. The van der Waals surface area contributed by atoms with Crippen LogP contribution in [0.15, 0.2) is 18.3 Å².